The number of carbonyl (C=O) groups is 1. The molecule has 1 atom stereocenters. The SMILES string of the molecule is COc1ccccc1O[C@@H](C)C(=O)Nc1ccc(F)cc1Cl. The number of hydrogen-bond acceptors (Lipinski definition) is 3. The molecule has 0 spiro atoms. The Kier molecular flexibility index (Phi) is 5.22. The molecular weight excluding hydrogens is 309 g/mol. The maximum Gasteiger partial charge on any atom is 0.265 e. The van der Waals surface area contributed by atoms with Crippen LogP contribution in [-0.2, 0) is 4.79 Å². The minimum absolute atomic E-state index is 0.123. The third-order valence-corrected chi connectivity index (χ3v) is 3.24. The number of nitrogens with one attached hydrogen (secondary N) is 1. The third kappa shape index (κ3) is 3.89. The first-order valence-electron chi connectivity index (χ1n) is 6.57. The van der Waals surface area contributed by atoms with Gasteiger partial charge in [-0.05, 0) is 37.3 Å². The number of halogens is 2. The summed E-state index contributed by atoms with van der Waals surface area (Å²) in [6.45, 7) is 1.60. The topological polar surface area (TPSA) is 47.6 Å². The van der Waals surface area contributed by atoms with E-state index >= 15 is 0 Å². The van der Waals surface area contributed by atoms with E-state index in [1.807, 2.05) is 0 Å². The van der Waals surface area contributed by atoms with E-state index in [-0.39, 0.29) is 5.02 Å². The Morgan fingerprint density at radius 1 is 1.23 bits per heavy atom. The number of carbonyl (C=O) groups excluding carboxylic acids is 1. The second kappa shape index (κ2) is 7.13. The summed E-state index contributed by atoms with van der Waals surface area (Å²) in [6, 6.07) is 10.7. The molecule has 1 N–H and O–H groups in total. The van der Waals surface area contributed by atoms with E-state index in [2.05, 4.69) is 5.32 Å². The van der Waals surface area contributed by atoms with E-state index in [0.717, 1.165) is 6.07 Å². The fourth-order valence-corrected chi connectivity index (χ4v) is 2.00. The lowest BCUT2D eigenvalue weighted by Gasteiger charge is -2.17. The molecular formula is C16H15ClFNO3. The molecule has 0 aliphatic heterocycles. The molecule has 4 nitrogen and oxygen atoms in total. The zero-order chi connectivity index (χ0) is 16.1. The van der Waals surface area contributed by atoms with Crippen LogP contribution >= 0.6 is 11.6 Å². The van der Waals surface area contributed by atoms with Crippen molar-refractivity contribution in [2.45, 2.75) is 13.0 Å². The largest absolute Gasteiger partial charge is 0.493 e. The van der Waals surface area contributed by atoms with E-state index < -0.39 is 17.8 Å². The summed E-state index contributed by atoms with van der Waals surface area (Å²) in [7, 11) is 1.52. The average Bonchev–Trinajstić information content (AvgIpc) is 2.50. The fourth-order valence-electron chi connectivity index (χ4n) is 1.79. The lowest BCUT2D eigenvalue weighted by molar-refractivity contribution is -0.122. The van der Waals surface area contributed by atoms with Gasteiger partial charge < -0.3 is 14.8 Å². The van der Waals surface area contributed by atoms with E-state index in [4.69, 9.17) is 21.1 Å². The van der Waals surface area contributed by atoms with Crippen molar-refractivity contribution in [3.8, 4) is 11.5 Å². The molecule has 22 heavy (non-hydrogen) atoms. The highest BCUT2D eigenvalue weighted by atomic mass is 35.5. The van der Waals surface area contributed by atoms with Gasteiger partial charge in [0.15, 0.2) is 17.6 Å². The van der Waals surface area contributed by atoms with Gasteiger partial charge in [-0.2, -0.15) is 0 Å². The van der Waals surface area contributed by atoms with E-state index in [0.29, 0.717) is 17.2 Å². The molecule has 0 aliphatic carbocycles. The minimum Gasteiger partial charge on any atom is -0.493 e. The van der Waals surface area contributed by atoms with Crippen molar-refractivity contribution in [3.05, 3.63) is 53.3 Å². The second-order valence-corrected chi connectivity index (χ2v) is 4.93. The number of anilines is 1. The van der Waals surface area contributed by atoms with Crippen LogP contribution in [0.2, 0.25) is 5.02 Å². The van der Waals surface area contributed by atoms with Crippen LogP contribution in [0.4, 0.5) is 10.1 Å². The van der Waals surface area contributed by atoms with Crippen LogP contribution in [0.25, 0.3) is 0 Å². The van der Waals surface area contributed by atoms with Crippen LogP contribution in [0.1, 0.15) is 6.92 Å². The Bertz CT molecular complexity index is 678. The number of para-hydroxylation sites is 2. The van der Waals surface area contributed by atoms with Crippen molar-refractivity contribution < 1.29 is 18.7 Å². The highest BCUT2D eigenvalue weighted by Crippen LogP contribution is 2.27. The molecule has 2 aromatic carbocycles. The van der Waals surface area contributed by atoms with Crippen LogP contribution in [0, 0.1) is 5.82 Å². The summed E-state index contributed by atoms with van der Waals surface area (Å²) in [5.41, 5.74) is 0.323. The highest BCUT2D eigenvalue weighted by molar-refractivity contribution is 6.33. The summed E-state index contributed by atoms with van der Waals surface area (Å²) in [6.07, 6.45) is -0.780. The second-order valence-electron chi connectivity index (χ2n) is 4.52. The lowest BCUT2D eigenvalue weighted by Crippen LogP contribution is -2.30. The van der Waals surface area contributed by atoms with Crippen molar-refractivity contribution in [3.63, 3.8) is 0 Å². The van der Waals surface area contributed by atoms with Gasteiger partial charge in [0.25, 0.3) is 5.91 Å². The third-order valence-electron chi connectivity index (χ3n) is 2.93. The maximum atomic E-state index is 13.0. The van der Waals surface area contributed by atoms with Crippen LogP contribution in [0.15, 0.2) is 42.5 Å². The molecule has 0 saturated carbocycles. The van der Waals surface area contributed by atoms with Crippen LogP contribution in [0.3, 0.4) is 0 Å². The summed E-state index contributed by atoms with van der Waals surface area (Å²) >= 11 is 5.87. The molecule has 0 aliphatic rings. The standard InChI is InChI=1S/C16H15ClFNO3/c1-10(22-15-6-4-3-5-14(15)21-2)16(20)19-13-8-7-11(18)9-12(13)17/h3-10H,1-2H3,(H,19,20)/t10-/m0/s1. The first-order chi connectivity index (χ1) is 10.5. The average molecular weight is 324 g/mol. The van der Waals surface area contributed by atoms with Gasteiger partial charge in [-0.3, -0.25) is 4.79 Å². The molecule has 116 valence electrons. The predicted molar refractivity (Wildman–Crippen MR) is 83.1 cm³/mol. The summed E-state index contributed by atoms with van der Waals surface area (Å²) in [5.74, 6) is 0.112. The van der Waals surface area contributed by atoms with Crippen LogP contribution in [0.5, 0.6) is 11.5 Å². The monoisotopic (exact) mass is 323 g/mol. The molecule has 0 aromatic heterocycles. The van der Waals surface area contributed by atoms with Gasteiger partial charge in [0.05, 0.1) is 17.8 Å². The first kappa shape index (κ1) is 16.1. The summed E-state index contributed by atoms with van der Waals surface area (Å²) < 4.78 is 23.7. The van der Waals surface area contributed by atoms with Gasteiger partial charge >= 0.3 is 0 Å². The Labute approximate surface area is 132 Å². The van der Waals surface area contributed by atoms with Crippen LogP contribution < -0.4 is 14.8 Å². The molecule has 0 radical (unpaired) electrons. The first-order valence-corrected chi connectivity index (χ1v) is 6.94. The Hall–Kier alpha value is -2.27. The molecule has 0 bridgehead atoms. The van der Waals surface area contributed by atoms with E-state index in [9.17, 15) is 9.18 Å². The smallest absolute Gasteiger partial charge is 0.265 e. The zero-order valence-electron chi connectivity index (χ0n) is 12.1. The molecule has 6 heteroatoms. The van der Waals surface area contributed by atoms with Crippen molar-refractivity contribution in [1.82, 2.24) is 0 Å². The maximum absolute atomic E-state index is 13.0. The predicted octanol–water partition coefficient (Wildman–Crippen LogP) is 3.89. The highest BCUT2D eigenvalue weighted by Gasteiger charge is 2.17. The molecule has 2 aromatic rings. The molecule has 0 unspecified atom stereocenters. The van der Waals surface area contributed by atoms with Gasteiger partial charge in [0.1, 0.15) is 5.82 Å². The van der Waals surface area contributed by atoms with Gasteiger partial charge in [0.2, 0.25) is 0 Å². The van der Waals surface area contributed by atoms with Gasteiger partial charge in [0, 0.05) is 0 Å². The number of hydrogen-bond donors (Lipinski definition) is 1. The Morgan fingerprint density at radius 2 is 1.91 bits per heavy atom. The van der Waals surface area contributed by atoms with Crippen molar-refractivity contribution in [2.75, 3.05) is 12.4 Å². The van der Waals surface area contributed by atoms with E-state index in [1.54, 1.807) is 31.2 Å². The zero-order valence-corrected chi connectivity index (χ0v) is 12.9. The molecule has 0 heterocycles. The van der Waals surface area contributed by atoms with Gasteiger partial charge in [-0.25, -0.2) is 4.39 Å². The minimum atomic E-state index is -0.780. The Morgan fingerprint density at radius 3 is 2.55 bits per heavy atom. The molecule has 0 fully saturated rings. The number of methoxy groups -OCH3 is 1. The van der Waals surface area contributed by atoms with Crippen molar-refractivity contribution >= 4 is 23.2 Å². The summed E-state index contributed by atoms with van der Waals surface area (Å²) in [4.78, 5) is 12.1. The van der Waals surface area contributed by atoms with E-state index in [1.165, 1.54) is 19.2 Å². The number of ether oxygens (including phenoxy) is 2. The number of amides is 1. The normalized spacial score (nSPS) is 11.6. The number of rotatable bonds is 5. The summed E-state index contributed by atoms with van der Waals surface area (Å²) in [5, 5.41) is 2.71. The lowest BCUT2D eigenvalue weighted by atomic mass is 10.2. The van der Waals surface area contributed by atoms with Crippen molar-refractivity contribution in [1.29, 1.82) is 0 Å². The quantitative estimate of drug-likeness (QED) is 0.908. The number of benzene rings is 2. The Balaban J connectivity index is 2.06. The fraction of sp³-hybridized carbons (Fsp3) is 0.188. The van der Waals surface area contributed by atoms with Crippen molar-refractivity contribution in [2.24, 2.45) is 0 Å². The van der Waals surface area contributed by atoms with Gasteiger partial charge in [-0.1, -0.05) is 23.7 Å². The molecule has 2 rings (SSSR count). The van der Waals surface area contributed by atoms with Gasteiger partial charge in [-0.15, -0.1) is 0 Å². The van der Waals surface area contributed by atoms with Crippen LogP contribution in [-0.4, -0.2) is 19.1 Å². The molecule has 1 amide bonds. The molecule has 0 saturated heterocycles.